The fourth-order valence-electron chi connectivity index (χ4n) is 3.09. The first-order chi connectivity index (χ1) is 12.2. The Kier molecular flexibility index (Phi) is 4.11. The molecule has 25 heavy (non-hydrogen) atoms. The predicted octanol–water partition coefficient (Wildman–Crippen LogP) is 4.45. The van der Waals surface area contributed by atoms with E-state index in [1.165, 1.54) is 28.0 Å². The maximum absolute atomic E-state index is 12.2. The van der Waals surface area contributed by atoms with Crippen molar-refractivity contribution in [3.05, 3.63) is 59.8 Å². The van der Waals surface area contributed by atoms with Crippen molar-refractivity contribution >= 4 is 44.4 Å². The molecule has 2 aromatic carbocycles. The molecular formula is C19H18N4OS. The summed E-state index contributed by atoms with van der Waals surface area (Å²) in [4.78, 5) is 15.5. The SMILES string of the molecule is Cc1cccc2[nH]cc(CCNC(=O)Nc3snc4ccccc34)c12. The van der Waals surface area contributed by atoms with Crippen LogP contribution in [0.1, 0.15) is 11.1 Å². The number of aromatic nitrogens is 2. The number of amides is 2. The molecule has 4 rings (SSSR count). The highest BCUT2D eigenvalue weighted by Gasteiger charge is 2.10. The number of fused-ring (bicyclic) bond motifs is 2. The molecule has 3 N–H and O–H groups in total. The molecule has 2 aromatic heterocycles. The summed E-state index contributed by atoms with van der Waals surface area (Å²) in [6.07, 6.45) is 2.80. The van der Waals surface area contributed by atoms with Crippen molar-refractivity contribution in [2.24, 2.45) is 0 Å². The third kappa shape index (κ3) is 3.08. The molecule has 126 valence electrons. The first-order valence-electron chi connectivity index (χ1n) is 8.17. The maximum Gasteiger partial charge on any atom is 0.319 e. The third-order valence-corrected chi connectivity index (χ3v) is 5.08. The van der Waals surface area contributed by atoms with Gasteiger partial charge in [-0.3, -0.25) is 5.32 Å². The number of hydrogen-bond acceptors (Lipinski definition) is 3. The number of aryl methyl sites for hydroxylation is 1. The molecule has 0 radical (unpaired) electrons. The first kappa shape index (κ1) is 15.7. The Morgan fingerprint density at radius 1 is 1.20 bits per heavy atom. The fourth-order valence-corrected chi connectivity index (χ4v) is 3.84. The molecule has 0 spiro atoms. The van der Waals surface area contributed by atoms with Crippen LogP contribution in [0.2, 0.25) is 0 Å². The first-order valence-corrected chi connectivity index (χ1v) is 8.94. The Hall–Kier alpha value is -2.86. The van der Waals surface area contributed by atoms with Gasteiger partial charge in [0.1, 0.15) is 5.00 Å². The largest absolute Gasteiger partial charge is 0.361 e. The molecule has 0 saturated heterocycles. The highest BCUT2D eigenvalue weighted by atomic mass is 32.1. The van der Waals surface area contributed by atoms with Crippen LogP contribution in [0.5, 0.6) is 0 Å². The van der Waals surface area contributed by atoms with Crippen LogP contribution in [0.3, 0.4) is 0 Å². The van der Waals surface area contributed by atoms with Gasteiger partial charge in [-0.1, -0.05) is 24.3 Å². The molecule has 4 aromatic rings. The van der Waals surface area contributed by atoms with Gasteiger partial charge in [0.25, 0.3) is 0 Å². The molecule has 2 heterocycles. The van der Waals surface area contributed by atoms with Crippen LogP contribution in [0, 0.1) is 6.92 Å². The van der Waals surface area contributed by atoms with Gasteiger partial charge in [0.15, 0.2) is 0 Å². The van der Waals surface area contributed by atoms with Gasteiger partial charge in [0.2, 0.25) is 0 Å². The zero-order valence-electron chi connectivity index (χ0n) is 13.8. The van der Waals surface area contributed by atoms with Gasteiger partial charge in [0, 0.05) is 29.0 Å². The van der Waals surface area contributed by atoms with E-state index < -0.39 is 0 Å². The lowest BCUT2D eigenvalue weighted by Gasteiger charge is -2.06. The van der Waals surface area contributed by atoms with E-state index in [9.17, 15) is 4.79 Å². The summed E-state index contributed by atoms with van der Waals surface area (Å²) in [5, 5.41) is 8.80. The number of carbonyl (C=O) groups excluding carboxylic acids is 1. The Morgan fingerprint density at radius 2 is 2.08 bits per heavy atom. The molecule has 6 heteroatoms. The number of carbonyl (C=O) groups is 1. The molecule has 0 fully saturated rings. The van der Waals surface area contributed by atoms with Crippen molar-refractivity contribution in [2.45, 2.75) is 13.3 Å². The number of anilines is 1. The van der Waals surface area contributed by atoms with E-state index in [2.05, 4.69) is 39.0 Å². The summed E-state index contributed by atoms with van der Waals surface area (Å²) in [7, 11) is 0. The number of rotatable bonds is 4. The summed E-state index contributed by atoms with van der Waals surface area (Å²) in [6.45, 7) is 2.68. The number of H-pyrrole nitrogens is 1. The number of nitrogens with zero attached hydrogens (tertiary/aromatic N) is 1. The molecule has 0 atom stereocenters. The average molecular weight is 350 g/mol. The molecular weight excluding hydrogens is 332 g/mol. The van der Waals surface area contributed by atoms with Gasteiger partial charge in [-0.05, 0) is 54.2 Å². The van der Waals surface area contributed by atoms with Crippen molar-refractivity contribution in [3.63, 3.8) is 0 Å². The smallest absolute Gasteiger partial charge is 0.319 e. The van der Waals surface area contributed by atoms with Gasteiger partial charge in [0.05, 0.1) is 5.52 Å². The van der Waals surface area contributed by atoms with Crippen molar-refractivity contribution in [2.75, 3.05) is 11.9 Å². The Labute approximate surface area is 149 Å². The number of urea groups is 1. The molecule has 0 aliphatic heterocycles. The third-order valence-electron chi connectivity index (χ3n) is 4.29. The summed E-state index contributed by atoms with van der Waals surface area (Å²) in [5.41, 5.74) is 4.50. The topological polar surface area (TPSA) is 69.8 Å². The minimum absolute atomic E-state index is 0.203. The monoisotopic (exact) mass is 350 g/mol. The highest BCUT2D eigenvalue weighted by molar-refractivity contribution is 7.12. The maximum atomic E-state index is 12.2. The fraction of sp³-hybridized carbons (Fsp3) is 0.158. The van der Waals surface area contributed by atoms with E-state index in [1.54, 1.807) is 0 Å². The van der Waals surface area contributed by atoms with Crippen LogP contribution >= 0.6 is 11.5 Å². The zero-order valence-corrected chi connectivity index (χ0v) is 14.6. The van der Waals surface area contributed by atoms with Crippen molar-refractivity contribution in [1.29, 1.82) is 0 Å². The summed E-state index contributed by atoms with van der Waals surface area (Å²) < 4.78 is 4.33. The average Bonchev–Trinajstić information content (AvgIpc) is 3.21. The van der Waals surface area contributed by atoms with E-state index in [-0.39, 0.29) is 6.03 Å². The lowest BCUT2D eigenvalue weighted by atomic mass is 10.1. The van der Waals surface area contributed by atoms with Crippen molar-refractivity contribution in [3.8, 4) is 0 Å². The molecule has 0 aliphatic rings. The Balaban J connectivity index is 1.39. The quantitative estimate of drug-likeness (QED) is 0.509. The summed E-state index contributed by atoms with van der Waals surface area (Å²) in [5.74, 6) is 0. The van der Waals surface area contributed by atoms with Crippen LogP contribution in [0.25, 0.3) is 21.8 Å². The summed E-state index contributed by atoms with van der Waals surface area (Å²) in [6, 6.07) is 13.8. The Morgan fingerprint density at radius 3 is 3.00 bits per heavy atom. The van der Waals surface area contributed by atoms with Gasteiger partial charge < -0.3 is 10.3 Å². The second-order valence-electron chi connectivity index (χ2n) is 5.97. The molecule has 0 saturated carbocycles. The van der Waals surface area contributed by atoms with E-state index in [0.717, 1.165) is 27.8 Å². The highest BCUT2D eigenvalue weighted by Crippen LogP contribution is 2.27. The number of benzene rings is 2. The van der Waals surface area contributed by atoms with Gasteiger partial charge in [-0.25, -0.2) is 4.79 Å². The van der Waals surface area contributed by atoms with Gasteiger partial charge in [-0.15, -0.1) is 0 Å². The van der Waals surface area contributed by atoms with Gasteiger partial charge in [-0.2, -0.15) is 4.37 Å². The van der Waals surface area contributed by atoms with E-state index in [0.29, 0.717) is 6.54 Å². The Bertz CT molecular complexity index is 1050. The lowest BCUT2D eigenvalue weighted by Crippen LogP contribution is -2.30. The minimum Gasteiger partial charge on any atom is -0.361 e. The van der Waals surface area contributed by atoms with Crippen LogP contribution in [-0.2, 0) is 6.42 Å². The molecule has 0 unspecified atom stereocenters. The summed E-state index contributed by atoms with van der Waals surface area (Å²) >= 11 is 1.30. The number of hydrogen-bond donors (Lipinski definition) is 3. The van der Waals surface area contributed by atoms with Gasteiger partial charge >= 0.3 is 6.03 Å². The van der Waals surface area contributed by atoms with Crippen LogP contribution in [-0.4, -0.2) is 21.9 Å². The van der Waals surface area contributed by atoms with E-state index >= 15 is 0 Å². The molecule has 0 aliphatic carbocycles. The lowest BCUT2D eigenvalue weighted by molar-refractivity contribution is 0.252. The normalized spacial score (nSPS) is 11.1. The van der Waals surface area contributed by atoms with E-state index in [4.69, 9.17) is 0 Å². The predicted molar refractivity (Wildman–Crippen MR) is 103 cm³/mol. The van der Waals surface area contributed by atoms with Crippen molar-refractivity contribution < 1.29 is 4.79 Å². The standard InChI is InChI=1S/C19H18N4OS/c1-12-5-4-8-16-17(12)13(11-21-16)9-10-20-19(24)22-18-14-6-2-3-7-15(14)23-25-18/h2-8,11,21H,9-10H2,1H3,(H2,20,22,24). The van der Waals surface area contributed by atoms with Crippen LogP contribution < -0.4 is 10.6 Å². The number of aromatic amines is 1. The second-order valence-corrected chi connectivity index (χ2v) is 6.74. The molecule has 0 bridgehead atoms. The minimum atomic E-state index is -0.203. The molecule has 2 amide bonds. The van der Waals surface area contributed by atoms with Crippen LogP contribution in [0.15, 0.2) is 48.7 Å². The van der Waals surface area contributed by atoms with Crippen molar-refractivity contribution in [1.82, 2.24) is 14.7 Å². The van der Waals surface area contributed by atoms with Crippen LogP contribution in [0.4, 0.5) is 9.80 Å². The second kappa shape index (κ2) is 6.57. The zero-order chi connectivity index (χ0) is 17.2. The number of nitrogens with one attached hydrogen (secondary N) is 3. The van der Waals surface area contributed by atoms with E-state index in [1.807, 2.05) is 36.5 Å². The molecule has 5 nitrogen and oxygen atoms in total.